The van der Waals surface area contributed by atoms with Crippen molar-refractivity contribution in [2.75, 3.05) is 5.73 Å². The third-order valence-electron chi connectivity index (χ3n) is 3.85. The van der Waals surface area contributed by atoms with Crippen molar-refractivity contribution >= 4 is 17.4 Å². The van der Waals surface area contributed by atoms with Crippen molar-refractivity contribution < 1.29 is 29.6 Å². The third kappa shape index (κ3) is 2.65. The summed E-state index contributed by atoms with van der Waals surface area (Å²) in [6.45, 7) is 1.91. The van der Waals surface area contributed by atoms with Crippen LogP contribution in [0.5, 0.6) is 0 Å². The van der Waals surface area contributed by atoms with Crippen LogP contribution in [-0.4, -0.2) is 60.4 Å². The van der Waals surface area contributed by atoms with Gasteiger partial charge in [0, 0.05) is 6.20 Å². The molecule has 1 aliphatic heterocycles. The second kappa shape index (κ2) is 5.81. The van der Waals surface area contributed by atoms with E-state index in [1.165, 1.54) is 12.3 Å². The fraction of sp³-hybridized carbons (Fsp3) is 0.538. The molecule has 5 N–H and O–H groups in total. The minimum Gasteiger partial charge on any atom is -0.387 e. The molecule has 0 amide bonds. The highest BCUT2D eigenvalue weighted by Gasteiger charge is 2.58. The summed E-state index contributed by atoms with van der Waals surface area (Å²) in [5.41, 5.74) is 1.85. The first-order valence-corrected chi connectivity index (χ1v) is 6.71. The molecule has 0 spiro atoms. The molecular weight excluding hydrogens is 310 g/mol. The lowest BCUT2D eigenvalue weighted by atomic mass is 9.85. The molecule has 1 aromatic heterocycles. The number of aromatic nitrogens is 2. The average Bonchev–Trinajstić information content (AvgIpc) is 2.74. The van der Waals surface area contributed by atoms with Crippen LogP contribution in [0.2, 0.25) is 0 Å². The Kier molecular flexibility index (Phi) is 4.35. The Morgan fingerprint density at radius 3 is 2.35 bits per heavy atom. The number of aliphatic hydroxyl groups is 3. The highest BCUT2D eigenvalue weighted by atomic mass is 16.6. The first kappa shape index (κ1) is 17.2. The van der Waals surface area contributed by atoms with Crippen LogP contribution in [0.4, 0.5) is 5.82 Å². The van der Waals surface area contributed by atoms with E-state index in [0.717, 1.165) is 18.4 Å². The summed E-state index contributed by atoms with van der Waals surface area (Å²) in [5.74, 6) is -1.96. The highest BCUT2D eigenvalue weighted by Crippen LogP contribution is 2.35. The van der Waals surface area contributed by atoms with Crippen LogP contribution >= 0.6 is 0 Å². The molecule has 2 heterocycles. The summed E-state index contributed by atoms with van der Waals surface area (Å²) in [6, 6.07) is 1.26. The molecule has 0 bridgehead atoms. The quantitative estimate of drug-likeness (QED) is 0.432. The standard InChI is InChI=1S/C13H17N3O7/c1-5(17)13(22,6(2)18)10-8(19)9(20)11(23-10)16-4-3-7(14)15-12(16)21/h3-4,8-11,19-20,22H,1-2H3,(H2,14,15,21)/t8-,9+,10-,11+/m0/s1. The molecule has 1 aromatic rings. The molecule has 1 fully saturated rings. The van der Waals surface area contributed by atoms with Gasteiger partial charge in [-0.05, 0) is 19.9 Å². The van der Waals surface area contributed by atoms with E-state index in [1.807, 2.05) is 0 Å². The second-order valence-corrected chi connectivity index (χ2v) is 5.35. The number of rotatable bonds is 4. The van der Waals surface area contributed by atoms with Crippen LogP contribution in [0.3, 0.4) is 0 Å². The number of Topliss-reactive ketones (excluding diaryl/α,β-unsaturated/α-hetero) is 2. The minimum absolute atomic E-state index is 0.0557. The van der Waals surface area contributed by atoms with Gasteiger partial charge in [-0.3, -0.25) is 14.2 Å². The number of hydrogen-bond acceptors (Lipinski definition) is 9. The Labute approximate surface area is 130 Å². The van der Waals surface area contributed by atoms with Gasteiger partial charge in [0.2, 0.25) is 5.60 Å². The van der Waals surface area contributed by atoms with Gasteiger partial charge in [-0.1, -0.05) is 0 Å². The number of nitrogens with zero attached hydrogens (tertiary/aromatic N) is 2. The van der Waals surface area contributed by atoms with E-state index in [2.05, 4.69) is 4.98 Å². The number of carbonyl (C=O) groups excluding carboxylic acids is 2. The lowest BCUT2D eigenvalue weighted by Gasteiger charge is -2.30. The van der Waals surface area contributed by atoms with Crippen molar-refractivity contribution in [1.82, 2.24) is 9.55 Å². The summed E-state index contributed by atoms with van der Waals surface area (Å²) in [4.78, 5) is 38.6. The van der Waals surface area contributed by atoms with E-state index >= 15 is 0 Å². The van der Waals surface area contributed by atoms with Crippen LogP contribution in [0.25, 0.3) is 0 Å². The zero-order valence-corrected chi connectivity index (χ0v) is 12.4. The zero-order valence-electron chi connectivity index (χ0n) is 12.4. The first-order valence-electron chi connectivity index (χ1n) is 6.71. The molecule has 2 rings (SSSR count). The van der Waals surface area contributed by atoms with Gasteiger partial charge < -0.3 is 25.8 Å². The van der Waals surface area contributed by atoms with Crippen molar-refractivity contribution in [3.8, 4) is 0 Å². The topological polar surface area (TPSA) is 165 Å². The number of anilines is 1. The van der Waals surface area contributed by atoms with Crippen molar-refractivity contribution in [1.29, 1.82) is 0 Å². The maximum Gasteiger partial charge on any atom is 0.351 e. The van der Waals surface area contributed by atoms with Gasteiger partial charge >= 0.3 is 5.69 Å². The Hall–Kier alpha value is -2.14. The Morgan fingerprint density at radius 1 is 1.30 bits per heavy atom. The fourth-order valence-electron chi connectivity index (χ4n) is 2.50. The van der Waals surface area contributed by atoms with E-state index in [-0.39, 0.29) is 5.82 Å². The maximum atomic E-state index is 11.8. The lowest BCUT2D eigenvalue weighted by molar-refractivity contribution is -0.173. The van der Waals surface area contributed by atoms with Crippen LogP contribution in [0, 0.1) is 0 Å². The Balaban J connectivity index is 2.44. The lowest BCUT2D eigenvalue weighted by Crippen LogP contribution is -2.58. The van der Waals surface area contributed by atoms with Gasteiger partial charge in [0.1, 0.15) is 24.1 Å². The predicted molar refractivity (Wildman–Crippen MR) is 75.1 cm³/mol. The van der Waals surface area contributed by atoms with E-state index in [0.29, 0.717) is 0 Å². The second-order valence-electron chi connectivity index (χ2n) is 5.35. The highest BCUT2D eigenvalue weighted by molar-refractivity contribution is 6.09. The van der Waals surface area contributed by atoms with Gasteiger partial charge in [-0.15, -0.1) is 0 Å². The summed E-state index contributed by atoms with van der Waals surface area (Å²) in [6.07, 6.45) is -5.45. The van der Waals surface area contributed by atoms with E-state index in [4.69, 9.17) is 10.5 Å². The molecule has 4 atom stereocenters. The van der Waals surface area contributed by atoms with Gasteiger partial charge in [0.05, 0.1) is 0 Å². The number of aliphatic hydroxyl groups excluding tert-OH is 2. The molecule has 1 aliphatic rings. The molecule has 0 radical (unpaired) electrons. The molecule has 0 unspecified atom stereocenters. The molecule has 23 heavy (non-hydrogen) atoms. The number of nitrogen functional groups attached to an aromatic ring is 1. The molecule has 0 aromatic carbocycles. The molecular formula is C13H17N3O7. The van der Waals surface area contributed by atoms with Crippen LogP contribution in [0.15, 0.2) is 17.1 Å². The molecule has 126 valence electrons. The predicted octanol–water partition coefficient (Wildman–Crippen LogP) is -2.65. The van der Waals surface area contributed by atoms with E-state index < -0.39 is 47.4 Å². The normalized spacial score (nSPS) is 27.9. The fourth-order valence-corrected chi connectivity index (χ4v) is 2.50. The van der Waals surface area contributed by atoms with Crippen molar-refractivity contribution in [2.45, 2.75) is 44.0 Å². The number of hydrogen-bond donors (Lipinski definition) is 4. The van der Waals surface area contributed by atoms with Gasteiger partial charge in [-0.2, -0.15) is 4.98 Å². The zero-order chi connectivity index (χ0) is 17.5. The molecule has 0 saturated carbocycles. The minimum atomic E-state index is -2.64. The van der Waals surface area contributed by atoms with E-state index in [1.54, 1.807) is 0 Å². The molecule has 10 heteroatoms. The van der Waals surface area contributed by atoms with Gasteiger partial charge in [0.15, 0.2) is 17.8 Å². The number of carbonyl (C=O) groups is 2. The summed E-state index contributed by atoms with van der Waals surface area (Å²) in [5, 5.41) is 30.5. The smallest absolute Gasteiger partial charge is 0.351 e. The molecule has 1 saturated heterocycles. The third-order valence-corrected chi connectivity index (χ3v) is 3.85. The van der Waals surface area contributed by atoms with Gasteiger partial charge in [0.25, 0.3) is 0 Å². The number of ether oxygens (including phenoxy) is 1. The van der Waals surface area contributed by atoms with Crippen molar-refractivity contribution in [3.63, 3.8) is 0 Å². The monoisotopic (exact) mass is 327 g/mol. The largest absolute Gasteiger partial charge is 0.387 e. The van der Waals surface area contributed by atoms with Crippen LogP contribution < -0.4 is 11.4 Å². The summed E-state index contributed by atoms with van der Waals surface area (Å²) in [7, 11) is 0. The van der Waals surface area contributed by atoms with Crippen molar-refractivity contribution in [3.05, 3.63) is 22.7 Å². The van der Waals surface area contributed by atoms with E-state index in [9.17, 15) is 29.7 Å². The Morgan fingerprint density at radius 2 is 1.87 bits per heavy atom. The maximum absolute atomic E-state index is 11.8. The van der Waals surface area contributed by atoms with Crippen LogP contribution in [-0.2, 0) is 14.3 Å². The number of nitrogens with two attached hydrogens (primary N) is 1. The SMILES string of the molecule is CC(=O)C(O)(C(C)=O)[C@H]1O[C@@H](n2ccc(N)nc2=O)[C@H](O)[C@@H]1O. The molecule has 10 nitrogen and oxygen atoms in total. The Bertz CT molecular complexity index is 687. The molecule has 0 aliphatic carbocycles. The van der Waals surface area contributed by atoms with Crippen LogP contribution in [0.1, 0.15) is 20.1 Å². The summed E-state index contributed by atoms with van der Waals surface area (Å²) >= 11 is 0. The number of ketones is 2. The first-order chi connectivity index (χ1) is 10.6. The van der Waals surface area contributed by atoms with Gasteiger partial charge in [-0.25, -0.2) is 4.79 Å². The van der Waals surface area contributed by atoms with Crippen molar-refractivity contribution in [2.24, 2.45) is 0 Å². The average molecular weight is 327 g/mol. The summed E-state index contributed by atoms with van der Waals surface area (Å²) < 4.78 is 6.11.